The topological polar surface area (TPSA) is 21.3 Å². The Kier molecular flexibility index (Phi) is 3.48. The molecule has 3 atom stereocenters. The van der Waals surface area contributed by atoms with Gasteiger partial charge in [-0.05, 0) is 49.9 Å². The molecule has 1 fully saturated rings. The summed E-state index contributed by atoms with van der Waals surface area (Å²) in [4.78, 5) is 0. The molecule has 104 valence electrons. The van der Waals surface area contributed by atoms with Crippen LogP contribution in [0.5, 0.6) is 5.75 Å². The van der Waals surface area contributed by atoms with Gasteiger partial charge in [-0.15, -0.1) is 0 Å². The smallest absolute Gasteiger partial charge is 0.125 e. The van der Waals surface area contributed by atoms with E-state index < -0.39 is 0 Å². The van der Waals surface area contributed by atoms with Gasteiger partial charge >= 0.3 is 0 Å². The molecule has 3 unspecified atom stereocenters. The van der Waals surface area contributed by atoms with Crippen molar-refractivity contribution < 1.29 is 4.74 Å². The zero-order valence-electron chi connectivity index (χ0n) is 11.7. The van der Waals surface area contributed by atoms with E-state index >= 15 is 0 Å². The maximum atomic E-state index is 6.38. The van der Waals surface area contributed by atoms with Gasteiger partial charge in [0.15, 0.2) is 0 Å². The Morgan fingerprint density at radius 2 is 2.26 bits per heavy atom. The van der Waals surface area contributed by atoms with Gasteiger partial charge in [0.25, 0.3) is 0 Å². The molecule has 1 spiro atoms. The largest absolute Gasteiger partial charge is 0.487 e. The minimum atomic E-state index is 0.0487. The summed E-state index contributed by atoms with van der Waals surface area (Å²) < 4.78 is 6.38. The van der Waals surface area contributed by atoms with E-state index in [1.54, 1.807) is 0 Å². The summed E-state index contributed by atoms with van der Waals surface area (Å²) in [5.74, 6) is 1.80. The van der Waals surface area contributed by atoms with Crippen LogP contribution in [0.15, 0.2) is 18.2 Å². The molecule has 2 nitrogen and oxygen atoms in total. The lowest BCUT2D eigenvalue weighted by molar-refractivity contribution is 0.0339. The molecule has 2 aliphatic rings. The lowest BCUT2D eigenvalue weighted by Gasteiger charge is -2.40. The Hall–Kier alpha value is -0.730. The number of fused-ring (bicyclic) bond motifs is 1. The number of halogens is 1. The zero-order chi connectivity index (χ0) is 13.5. The summed E-state index contributed by atoms with van der Waals surface area (Å²) in [6.07, 6.45) is 4.70. The average Bonchev–Trinajstić information content (AvgIpc) is 2.72. The molecule has 1 aromatic carbocycles. The third-order valence-electron chi connectivity index (χ3n) is 4.51. The van der Waals surface area contributed by atoms with Crippen LogP contribution in [0, 0.1) is 5.92 Å². The van der Waals surface area contributed by atoms with Crippen molar-refractivity contribution in [2.24, 2.45) is 5.92 Å². The van der Waals surface area contributed by atoms with Crippen molar-refractivity contribution in [2.75, 3.05) is 6.54 Å². The molecule has 1 saturated carbocycles. The van der Waals surface area contributed by atoms with Crippen LogP contribution in [0.25, 0.3) is 0 Å². The van der Waals surface area contributed by atoms with E-state index in [0.29, 0.717) is 6.04 Å². The predicted octanol–water partition coefficient (Wildman–Crippen LogP) is 4.33. The molecule has 1 aliphatic carbocycles. The Morgan fingerprint density at radius 1 is 1.42 bits per heavy atom. The Labute approximate surface area is 120 Å². The van der Waals surface area contributed by atoms with Gasteiger partial charge < -0.3 is 10.1 Å². The van der Waals surface area contributed by atoms with Gasteiger partial charge in [-0.1, -0.05) is 25.4 Å². The fourth-order valence-corrected chi connectivity index (χ4v) is 3.88. The van der Waals surface area contributed by atoms with Gasteiger partial charge in [0, 0.05) is 23.0 Å². The molecule has 0 saturated heterocycles. The molecule has 1 aliphatic heterocycles. The number of rotatable bonds is 2. The third kappa shape index (κ3) is 2.48. The molecule has 0 aromatic heterocycles. The van der Waals surface area contributed by atoms with E-state index in [-0.39, 0.29) is 5.60 Å². The van der Waals surface area contributed by atoms with Gasteiger partial charge in [0.05, 0.1) is 0 Å². The number of benzene rings is 1. The molecule has 3 rings (SSSR count). The first-order valence-corrected chi connectivity index (χ1v) is 7.71. The summed E-state index contributed by atoms with van der Waals surface area (Å²) in [5, 5.41) is 4.39. The number of hydrogen-bond donors (Lipinski definition) is 1. The van der Waals surface area contributed by atoms with E-state index in [2.05, 4.69) is 25.2 Å². The first kappa shape index (κ1) is 13.3. The molecule has 1 aromatic rings. The van der Waals surface area contributed by atoms with Gasteiger partial charge in [0.1, 0.15) is 11.4 Å². The van der Waals surface area contributed by atoms with Crippen LogP contribution in [0.2, 0.25) is 5.02 Å². The van der Waals surface area contributed by atoms with Crippen molar-refractivity contribution >= 4 is 11.6 Å². The Balaban J connectivity index is 1.95. The first-order chi connectivity index (χ1) is 9.12. The number of nitrogens with one attached hydrogen (secondary N) is 1. The van der Waals surface area contributed by atoms with Gasteiger partial charge in [0.2, 0.25) is 0 Å². The van der Waals surface area contributed by atoms with E-state index in [1.807, 2.05) is 12.1 Å². The molecule has 0 radical (unpaired) electrons. The minimum absolute atomic E-state index is 0.0487. The maximum absolute atomic E-state index is 6.38. The fourth-order valence-electron chi connectivity index (χ4n) is 3.70. The van der Waals surface area contributed by atoms with Crippen molar-refractivity contribution in [1.82, 2.24) is 5.32 Å². The van der Waals surface area contributed by atoms with E-state index in [1.165, 1.54) is 24.8 Å². The standard InChI is InChI=1S/C16H22ClNO/c1-3-18-14-10-16(7-6-11(2)9-16)19-15-5-4-12(17)8-13(14)15/h4-5,8,11,14,18H,3,6-7,9-10H2,1-2H3. The van der Waals surface area contributed by atoms with Crippen molar-refractivity contribution in [3.05, 3.63) is 28.8 Å². The van der Waals surface area contributed by atoms with Crippen LogP contribution in [0.3, 0.4) is 0 Å². The second kappa shape index (κ2) is 4.99. The van der Waals surface area contributed by atoms with Gasteiger partial charge in [-0.3, -0.25) is 0 Å². The molecule has 1 N–H and O–H groups in total. The van der Waals surface area contributed by atoms with Crippen molar-refractivity contribution in [1.29, 1.82) is 0 Å². The summed E-state index contributed by atoms with van der Waals surface area (Å²) in [6.45, 7) is 5.46. The third-order valence-corrected chi connectivity index (χ3v) is 4.75. The average molecular weight is 280 g/mol. The second-order valence-corrected chi connectivity index (χ2v) is 6.57. The van der Waals surface area contributed by atoms with Crippen molar-refractivity contribution in [2.45, 2.75) is 51.2 Å². The van der Waals surface area contributed by atoms with Gasteiger partial charge in [-0.2, -0.15) is 0 Å². The van der Waals surface area contributed by atoms with E-state index in [4.69, 9.17) is 16.3 Å². The van der Waals surface area contributed by atoms with E-state index in [9.17, 15) is 0 Å². The maximum Gasteiger partial charge on any atom is 0.125 e. The van der Waals surface area contributed by atoms with Crippen LogP contribution in [-0.4, -0.2) is 12.1 Å². The highest BCUT2D eigenvalue weighted by molar-refractivity contribution is 6.30. The molecule has 0 amide bonds. The summed E-state index contributed by atoms with van der Waals surface area (Å²) in [5.41, 5.74) is 1.27. The van der Waals surface area contributed by atoms with Crippen LogP contribution >= 0.6 is 11.6 Å². The first-order valence-electron chi connectivity index (χ1n) is 7.34. The Bertz CT molecular complexity index is 476. The molecule has 19 heavy (non-hydrogen) atoms. The van der Waals surface area contributed by atoms with Gasteiger partial charge in [-0.25, -0.2) is 0 Å². The second-order valence-electron chi connectivity index (χ2n) is 6.13. The normalized spacial score (nSPS) is 33.2. The van der Waals surface area contributed by atoms with Crippen molar-refractivity contribution in [3.63, 3.8) is 0 Å². The highest BCUT2D eigenvalue weighted by atomic mass is 35.5. The van der Waals surface area contributed by atoms with Crippen molar-refractivity contribution in [3.8, 4) is 5.75 Å². The monoisotopic (exact) mass is 279 g/mol. The fraction of sp³-hybridized carbons (Fsp3) is 0.625. The minimum Gasteiger partial charge on any atom is -0.487 e. The zero-order valence-corrected chi connectivity index (χ0v) is 12.5. The molecular weight excluding hydrogens is 258 g/mol. The predicted molar refractivity (Wildman–Crippen MR) is 78.9 cm³/mol. The lowest BCUT2D eigenvalue weighted by atomic mass is 9.85. The highest BCUT2D eigenvalue weighted by Gasteiger charge is 2.45. The van der Waals surface area contributed by atoms with Crippen LogP contribution < -0.4 is 10.1 Å². The molecular formula is C16H22ClNO. The highest BCUT2D eigenvalue weighted by Crippen LogP contribution is 2.49. The molecule has 0 bridgehead atoms. The SMILES string of the molecule is CCNC1CC2(CCC(C)C2)Oc2ccc(Cl)cc21. The molecule has 3 heteroatoms. The summed E-state index contributed by atoms with van der Waals surface area (Å²) in [7, 11) is 0. The number of hydrogen-bond acceptors (Lipinski definition) is 2. The van der Waals surface area contributed by atoms with E-state index in [0.717, 1.165) is 29.7 Å². The quantitative estimate of drug-likeness (QED) is 0.870. The summed E-state index contributed by atoms with van der Waals surface area (Å²) in [6, 6.07) is 6.39. The summed E-state index contributed by atoms with van der Waals surface area (Å²) >= 11 is 6.13. The van der Waals surface area contributed by atoms with Crippen LogP contribution in [-0.2, 0) is 0 Å². The molecule has 1 heterocycles. The number of ether oxygens (including phenoxy) is 1. The lowest BCUT2D eigenvalue weighted by Crippen LogP contribution is -2.42. The van der Waals surface area contributed by atoms with Crippen LogP contribution in [0.1, 0.15) is 51.1 Å². The Morgan fingerprint density at radius 3 is 2.95 bits per heavy atom. The van der Waals surface area contributed by atoms with Crippen LogP contribution in [0.4, 0.5) is 0 Å².